The number of hydrogen-bond acceptors (Lipinski definition) is 5. The molecule has 0 atom stereocenters. The summed E-state index contributed by atoms with van der Waals surface area (Å²) in [7, 11) is 0. The van der Waals surface area contributed by atoms with E-state index in [-0.39, 0.29) is 18.0 Å². The third-order valence-electron chi connectivity index (χ3n) is 3.71. The van der Waals surface area contributed by atoms with E-state index in [0.717, 1.165) is 18.8 Å². The van der Waals surface area contributed by atoms with Gasteiger partial charge in [-0.15, -0.1) is 0 Å². The molecule has 1 amide bonds. The first-order valence-electron chi connectivity index (χ1n) is 7.83. The second-order valence-corrected chi connectivity index (χ2v) is 5.59. The van der Waals surface area contributed by atoms with Crippen molar-refractivity contribution in [2.75, 3.05) is 31.2 Å². The summed E-state index contributed by atoms with van der Waals surface area (Å²) in [6.07, 6.45) is 0. The van der Waals surface area contributed by atoms with E-state index in [0.29, 0.717) is 24.9 Å². The van der Waals surface area contributed by atoms with Crippen LogP contribution in [0.1, 0.15) is 21.7 Å². The largest absolute Gasteiger partial charge is 0.378 e. The number of ether oxygens (including phenoxy) is 1. The number of nitrogens with zero attached hydrogens (tertiary/aromatic N) is 3. The fourth-order valence-corrected chi connectivity index (χ4v) is 2.51. The van der Waals surface area contributed by atoms with Crippen LogP contribution in [0.25, 0.3) is 0 Å². The molecule has 0 unspecified atom stereocenters. The first kappa shape index (κ1) is 16.3. The van der Waals surface area contributed by atoms with Crippen molar-refractivity contribution in [3.05, 3.63) is 53.1 Å². The summed E-state index contributed by atoms with van der Waals surface area (Å²) in [4.78, 5) is 23.1. The number of aryl methyl sites for hydroxylation is 1. The molecule has 1 aromatic carbocycles. The maximum atomic E-state index is 13.2. The molecular weight excluding hydrogens is 311 g/mol. The number of anilines is 1. The third-order valence-corrected chi connectivity index (χ3v) is 3.71. The first-order valence-corrected chi connectivity index (χ1v) is 7.83. The Kier molecular flexibility index (Phi) is 5.00. The molecule has 1 N–H and O–H groups in total. The Morgan fingerprint density at radius 2 is 2.08 bits per heavy atom. The van der Waals surface area contributed by atoms with Gasteiger partial charge < -0.3 is 15.0 Å². The predicted molar refractivity (Wildman–Crippen MR) is 87.4 cm³/mol. The minimum Gasteiger partial charge on any atom is -0.378 e. The first-order chi connectivity index (χ1) is 11.6. The molecule has 2 heterocycles. The Labute approximate surface area is 139 Å². The van der Waals surface area contributed by atoms with Gasteiger partial charge in [0.2, 0.25) is 5.95 Å². The van der Waals surface area contributed by atoms with Gasteiger partial charge in [0.1, 0.15) is 5.82 Å². The normalized spacial score (nSPS) is 14.5. The third kappa shape index (κ3) is 4.05. The van der Waals surface area contributed by atoms with Crippen LogP contribution in [-0.4, -0.2) is 42.2 Å². The summed E-state index contributed by atoms with van der Waals surface area (Å²) >= 11 is 0. The lowest BCUT2D eigenvalue weighted by molar-refractivity contribution is 0.0950. The van der Waals surface area contributed by atoms with Crippen LogP contribution in [0, 0.1) is 12.7 Å². The number of aromatic nitrogens is 2. The van der Waals surface area contributed by atoms with Crippen LogP contribution in [-0.2, 0) is 11.3 Å². The fourth-order valence-electron chi connectivity index (χ4n) is 2.51. The zero-order valence-corrected chi connectivity index (χ0v) is 13.5. The van der Waals surface area contributed by atoms with Crippen molar-refractivity contribution in [1.29, 1.82) is 0 Å². The van der Waals surface area contributed by atoms with Gasteiger partial charge in [-0.25, -0.2) is 14.4 Å². The SMILES string of the molecule is Cc1cc(CNC(=O)c2cccc(F)c2)nc(N2CCOCC2)n1. The Morgan fingerprint density at radius 1 is 1.29 bits per heavy atom. The lowest BCUT2D eigenvalue weighted by Gasteiger charge is -2.27. The standard InChI is InChI=1S/C17H19FN4O2/c1-12-9-15(21-17(20-12)22-5-7-24-8-6-22)11-19-16(23)13-3-2-4-14(18)10-13/h2-4,9-10H,5-8,11H2,1H3,(H,19,23). The minimum atomic E-state index is -0.435. The minimum absolute atomic E-state index is 0.260. The van der Waals surface area contributed by atoms with Gasteiger partial charge in [-0.3, -0.25) is 4.79 Å². The molecule has 0 saturated carbocycles. The second-order valence-electron chi connectivity index (χ2n) is 5.59. The van der Waals surface area contributed by atoms with E-state index < -0.39 is 5.82 Å². The van der Waals surface area contributed by atoms with E-state index in [9.17, 15) is 9.18 Å². The number of morpholine rings is 1. The van der Waals surface area contributed by atoms with Gasteiger partial charge in [0.05, 0.1) is 25.5 Å². The number of amides is 1. The maximum absolute atomic E-state index is 13.2. The zero-order chi connectivity index (χ0) is 16.9. The second kappa shape index (κ2) is 7.35. The number of carbonyl (C=O) groups is 1. The van der Waals surface area contributed by atoms with Gasteiger partial charge in [-0.05, 0) is 31.2 Å². The number of rotatable bonds is 4. The number of halogens is 1. The summed E-state index contributed by atoms with van der Waals surface area (Å²) in [5, 5.41) is 2.76. The molecule has 0 spiro atoms. The van der Waals surface area contributed by atoms with E-state index >= 15 is 0 Å². The van der Waals surface area contributed by atoms with Crippen molar-refractivity contribution in [1.82, 2.24) is 15.3 Å². The predicted octanol–water partition coefficient (Wildman–Crippen LogP) is 1.69. The molecule has 1 aliphatic heterocycles. The van der Waals surface area contributed by atoms with Gasteiger partial charge in [0.15, 0.2) is 0 Å². The van der Waals surface area contributed by atoms with Gasteiger partial charge in [0, 0.05) is 24.3 Å². The highest BCUT2D eigenvalue weighted by Gasteiger charge is 2.15. The highest BCUT2D eigenvalue weighted by Crippen LogP contribution is 2.12. The molecule has 1 aromatic heterocycles. The van der Waals surface area contributed by atoms with Crippen LogP contribution in [0.5, 0.6) is 0 Å². The molecule has 0 aliphatic carbocycles. The Morgan fingerprint density at radius 3 is 2.83 bits per heavy atom. The molecule has 1 fully saturated rings. The molecule has 7 heteroatoms. The molecule has 0 radical (unpaired) electrons. The number of nitrogens with one attached hydrogen (secondary N) is 1. The van der Waals surface area contributed by atoms with Crippen LogP contribution in [0.15, 0.2) is 30.3 Å². The zero-order valence-electron chi connectivity index (χ0n) is 13.5. The van der Waals surface area contributed by atoms with Crippen LogP contribution >= 0.6 is 0 Å². The van der Waals surface area contributed by atoms with E-state index in [4.69, 9.17) is 4.74 Å². The van der Waals surface area contributed by atoms with Crippen molar-refractivity contribution in [3.8, 4) is 0 Å². The van der Waals surface area contributed by atoms with Crippen molar-refractivity contribution in [2.45, 2.75) is 13.5 Å². The molecule has 1 aliphatic rings. The Hall–Kier alpha value is -2.54. The maximum Gasteiger partial charge on any atom is 0.251 e. The molecule has 0 bridgehead atoms. The van der Waals surface area contributed by atoms with Gasteiger partial charge in [-0.2, -0.15) is 0 Å². The van der Waals surface area contributed by atoms with E-state index in [1.807, 2.05) is 13.0 Å². The Bertz CT molecular complexity index is 732. The highest BCUT2D eigenvalue weighted by atomic mass is 19.1. The van der Waals surface area contributed by atoms with Crippen molar-refractivity contribution >= 4 is 11.9 Å². The van der Waals surface area contributed by atoms with Crippen LogP contribution in [0.3, 0.4) is 0 Å². The number of carbonyl (C=O) groups excluding carboxylic acids is 1. The highest BCUT2D eigenvalue weighted by molar-refractivity contribution is 5.94. The molecule has 3 rings (SSSR count). The summed E-state index contributed by atoms with van der Waals surface area (Å²) in [5.41, 5.74) is 1.84. The van der Waals surface area contributed by atoms with Crippen LogP contribution < -0.4 is 10.2 Å². The topological polar surface area (TPSA) is 67.4 Å². The molecule has 24 heavy (non-hydrogen) atoms. The van der Waals surface area contributed by atoms with Crippen molar-refractivity contribution < 1.29 is 13.9 Å². The fraction of sp³-hybridized carbons (Fsp3) is 0.353. The molecular formula is C17H19FN4O2. The van der Waals surface area contributed by atoms with E-state index in [1.54, 1.807) is 6.07 Å². The van der Waals surface area contributed by atoms with Crippen LogP contribution in [0.4, 0.5) is 10.3 Å². The summed E-state index contributed by atoms with van der Waals surface area (Å²) in [6.45, 7) is 4.96. The van der Waals surface area contributed by atoms with Gasteiger partial charge >= 0.3 is 0 Å². The average Bonchev–Trinajstić information content (AvgIpc) is 2.60. The smallest absolute Gasteiger partial charge is 0.251 e. The summed E-state index contributed by atoms with van der Waals surface area (Å²) in [5.74, 6) is -0.123. The van der Waals surface area contributed by atoms with E-state index in [1.165, 1.54) is 18.2 Å². The molecule has 1 saturated heterocycles. The molecule has 2 aromatic rings. The number of benzene rings is 1. The summed E-state index contributed by atoms with van der Waals surface area (Å²) in [6, 6.07) is 7.42. The average molecular weight is 330 g/mol. The van der Waals surface area contributed by atoms with Crippen LogP contribution in [0.2, 0.25) is 0 Å². The molecule has 6 nitrogen and oxygen atoms in total. The monoisotopic (exact) mass is 330 g/mol. The molecule has 126 valence electrons. The van der Waals surface area contributed by atoms with Crippen molar-refractivity contribution in [3.63, 3.8) is 0 Å². The summed E-state index contributed by atoms with van der Waals surface area (Å²) < 4.78 is 18.5. The lowest BCUT2D eigenvalue weighted by Crippen LogP contribution is -2.37. The Balaban J connectivity index is 1.68. The lowest BCUT2D eigenvalue weighted by atomic mass is 10.2. The number of hydrogen-bond donors (Lipinski definition) is 1. The van der Waals surface area contributed by atoms with E-state index in [2.05, 4.69) is 20.2 Å². The quantitative estimate of drug-likeness (QED) is 0.924. The van der Waals surface area contributed by atoms with Gasteiger partial charge in [0.25, 0.3) is 5.91 Å². The van der Waals surface area contributed by atoms with Gasteiger partial charge in [-0.1, -0.05) is 6.07 Å². The van der Waals surface area contributed by atoms with Crippen molar-refractivity contribution in [2.24, 2.45) is 0 Å².